The van der Waals surface area contributed by atoms with Gasteiger partial charge in [0.1, 0.15) is 5.76 Å². The first-order valence-electron chi connectivity index (χ1n) is 7.70. The largest absolute Gasteiger partial charge is 0.467 e. The third kappa shape index (κ3) is 4.07. The van der Waals surface area contributed by atoms with Crippen LogP contribution in [0.15, 0.2) is 65.4 Å². The zero-order valence-corrected chi connectivity index (χ0v) is 14.3. The summed E-state index contributed by atoms with van der Waals surface area (Å²) >= 11 is 6.12. The number of benzene rings is 1. The molecule has 2 heterocycles. The Balaban J connectivity index is 1.94. The van der Waals surface area contributed by atoms with Gasteiger partial charge < -0.3 is 9.32 Å². The molecule has 3 aromatic rings. The minimum atomic E-state index is -0.567. The quantitative estimate of drug-likeness (QED) is 0.481. The van der Waals surface area contributed by atoms with Gasteiger partial charge in [0.05, 0.1) is 40.6 Å². The summed E-state index contributed by atoms with van der Waals surface area (Å²) in [5.41, 5.74) is 0.533. The molecule has 0 fully saturated rings. The van der Waals surface area contributed by atoms with Crippen molar-refractivity contribution in [3.63, 3.8) is 0 Å². The number of nitro benzene ring substituents is 1. The number of pyridine rings is 1. The lowest BCUT2D eigenvalue weighted by Gasteiger charge is -2.22. The van der Waals surface area contributed by atoms with Gasteiger partial charge >= 0.3 is 0 Å². The number of carbonyl (C=O) groups is 1. The molecule has 1 aromatic carbocycles. The van der Waals surface area contributed by atoms with E-state index in [9.17, 15) is 14.9 Å². The van der Waals surface area contributed by atoms with Crippen LogP contribution in [0.5, 0.6) is 0 Å². The molecule has 0 unspecified atom stereocenters. The predicted molar refractivity (Wildman–Crippen MR) is 94.6 cm³/mol. The summed E-state index contributed by atoms with van der Waals surface area (Å²) in [6.07, 6.45) is 3.14. The Morgan fingerprint density at radius 3 is 2.69 bits per heavy atom. The SMILES string of the molecule is O=C(c1cc([N+](=O)[O-])ccc1Cl)N(Cc1ccccn1)Cc1ccco1. The second-order valence-corrected chi connectivity index (χ2v) is 5.89. The molecule has 2 aromatic heterocycles. The van der Waals surface area contributed by atoms with E-state index in [1.165, 1.54) is 29.4 Å². The van der Waals surface area contributed by atoms with Crippen molar-refractivity contribution in [2.75, 3.05) is 0 Å². The van der Waals surface area contributed by atoms with Crippen molar-refractivity contribution in [2.24, 2.45) is 0 Å². The molecule has 0 atom stereocenters. The van der Waals surface area contributed by atoms with Gasteiger partial charge in [0.2, 0.25) is 0 Å². The number of rotatable bonds is 6. The molecular weight excluding hydrogens is 358 g/mol. The fraction of sp³-hybridized carbons (Fsp3) is 0.111. The van der Waals surface area contributed by atoms with Crippen LogP contribution in [-0.4, -0.2) is 20.7 Å². The highest BCUT2D eigenvalue weighted by Crippen LogP contribution is 2.25. The molecule has 1 amide bonds. The minimum absolute atomic E-state index is 0.0587. The van der Waals surface area contributed by atoms with Crippen LogP contribution in [0, 0.1) is 10.1 Å². The van der Waals surface area contributed by atoms with Crippen LogP contribution in [0.3, 0.4) is 0 Å². The van der Waals surface area contributed by atoms with Crippen LogP contribution >= 0.6 is 11.6 Å². The first kappa shape index (κ1) is 17.6. The smallest absolute Gasteiger partial charge is 0.270 e. The van der Waals surface area contributed by atoms with Crippen LogP contribution < -0.4 is 0 Å². The normalized spacial score (nSPS) is 10.5. The van der Waals surface area contributed by atoms with Crippen LogP contribution in [0.4, 0.5) is 5.69 Å². The number of hydrogen-bond acceptors (Lipinski definition) is 5. The lowest BCUT2D eigenvalue weighted by Crippen LogP contribution is -2.30. The van der Waals surface area contributed by atoms with E-state index in [1.807, 2.05) is 6.07 Å². The fourth-order valence-corrected chi connectivity index (χ4v) is 2.64. The third-order valence-corrected chi connectivity index (χ3v) is 4.01. The van der Waals surface area contributed by atoms with Crippen molar-refractivity contribution in [3.05, 3.63) is 93.1 Å². The van der Waals surface area contributed by atoms with E-state index in [0.717, 1.165) is 0 Å². The van der Waals surface area contributed by atoms with Crippen molar-refractivity contribution >= 4 is 23.2 Å². The summed E-state index contributed by atoms with van der Waals surface area (Å²) in [5, 5.41) is 11.2. The molecule has 26 heavy (non-hydrogen) atoms. The number of hydrogen-bond donors (Lipinski definition) is 0. The molecular formula is C18H14ClN3O4. The highest BCUT2D eigenvalue weighted by Gasteiger charge is 2.23. The summed E-state index contributed by atoms with van der Waals surface area (Å²) < 4.78 is 5.32. The standard InChI is InChI=1S/C18H14ClN3O4/c19-17-7-6-14(22(24)25)10-16(17)18(23)21(12-15-5-3-9-26-15)11-13-4-1-2-8-20-13/h1-10H,11-12H2. The van der Waals surface area contributed by atoms with Crippen molar-refractivity contribution in [1.82, 2.24) is 9.88 Å². The first-order chi connectivity index (χ1) is 12.5. The maximum absolute atomic E-state index is 13.0. The molecule has 0 spiro atoms. The van der Waals surface area contributed by atoms with Crippen LogP contribution in [-0.2, 0) is 13.1 Å². The monoisotopic (exact) mass is 371 g/mol. The highest BCUT2D eigenvalue weighted by molar-refractivity contribution is 6.33. The van der Waals surface area contributed by atoms with Gasteiger partial charge in [-0.25, -0.2) is 0 Å². The van der Waals surface area contributed by atoms with Gasteiger partial charge in [-0.15, -0.1) is 0 Å². The Bertz CT molecular complexity index is 913. The van der Waals surface area contributed by atoms with E-state index in [0.29, 0.717) is 11.5 Å². The Morgan fingerprint density at radius 2 is 2.04 bits per heavy atom. The van der Waals surface area contributed by atoms with Crippen molar-refractivity contribution in [3.8, 4) is 0 Å². The van der Waals surface area contributed by atoms with E-state index in [2.05, 4.69) is 4.98 Å². The summed E-state index contributed by atoms with van der Waals surface area (Å²) in [5.74, 6) is 0.136. The second kappa shape index (κ2) is 7.79. The molecule has 0 saturated heterocycles. The number of carbonyl (C=O) groups excluding carboxylic acids is 1. The Hall–Kier alpha value is -3.19. The zero-order chi connectivity index (χ0) is 18.5. The summed E-state index contributed by atoms with van der Waals surface area (Å²) in [6.45, 7) is 0.390. The predicted octanol–water partition coefficient (Wildman–Crippen LogP) is 4.08. The van der Waals surface area contributed by atoms with Gasteiger partial charge in [-0.2, -0.15) is 0 Å². The van der Waals surface area contributed by atoms with Crippen molar-refractivity contribution < 1.29 is 14.1 Å². The van der Waals surface area contributed by atoms with E-state index in [4.69, 9.17) is 16.0 Å². The molecule has 0 saturated carbocycles. The van der Waals surface area contributed by atoms with Gasteiger partial charge in [0.15, 0.2) is 0 Å². The molecule has 0 aliphatic rings. The number of furan rings is 1. The molecule has 0 aliphatic carbocycles. The molecule has 0 bridgehead atoms. The first-order valence-corrected chi connectivity index (χ1v) is 8.08. The maximum atomic E-state index is 13.0. The van der Waals surface area contributed by atoms with Gasteiger partial charge in [-0.1, -0.05) is 17.7 Å². The van der Waals surface area contributed by atoms with Gasteiger partial charge in [0, 0.05) is 18.3 Å². The van der Waals surface area contributed by atoms with Crippen LogP contribution in [0.25, 0.3) is 0 Å². The van der Waals surface area contributed by atoms with E-state index in [1.54, 1.807) is 30.5 Å². The maximum Gasteiger partial charge on any atom is 0.270 e. The van der Waals surface area contributed by atoms with Gasteiger partial charge in [-0.05, 0) is 30.3 Å². The number of non-ortho nitro benzene ring substituents is 1. The van der Waals surface area contributed by atoms with E-state index in [-0.39, 0.29) is 29.4 Å². The number of nitro groups is 1. The molecule has 8 heteroatoms. The minimum Gasteiger partial charge on any atom is -0.467 e. The molecule has 0 N–H and O–H groups in total. The summed E-state index contributed by atoms with van der Waals surface area (Å²) in [6, 6.07) is 12.6. The lowest BCUT2D eigenvalue weighted by atomic mass is 10.1. The topological polar surface area (TPSA) is 89.5 Å². The lowest BCUT2D eigenvalue weighted by molar-refractivity contribution is -0.384. The molecule has 0 radical (unpaired) electrons. The second-order valence-electron chi connectivity index (χ2n) is 5.48. The van der Waals surface area contributed by atoms with E-state index < -0.39 is 10.8 Å². The van der Waals surface area contributed by atoms with Crippen molar-refractivity contribution in [2.45, 2.75) is 13.1 Å². The number of halogens is 1. The Morgan fingerprint density at radius 1 is 1.19 bits per heavy atom. The zero-order valence-electron chi connectivity index (χ0n) is 13.5. The number of nitrogens with zero attached hydrogens (tertiary/aromatic N) is 3. The van der Waals surface area contributed by atoms with E-state index >= 15 is 0 Å². The fourth-order valence-electron chi connectivity index (χ4n) is 2.44. The Labute approximate surface area is 154 Å². The van der Waals surface area contributed by atoms with Crippen LogP contribution in [0.1, 0.15) is 21.8 Å². The molecule has 0 aliphatic heterocycles. The number of aromatic nitrogens is 1. The Kier molecular flexibility index (Phi) is 5.28. The van der Waals surface area contributed by atoms with Crippen LogP contribution in [0.2, 0.25) is 5.02 Å². The molecule has 3 rings (SSSR count). The molecule has 7 nitrogen and oxygen atoms in total. The van der Waals surface area contributed by atoms with Crippen molar-refractivity contribution in [1.29, 1.82) is 0 Å². The summed E-state index contributed by atoms with van der Waals surface area (Å²) in [7, 11) is 0. The third-order valence-electron chi connectivity index (χ3n) is 3.68. The highest BCUT2D eigenvalue weighted by atomic mass is 35.5. The summed E-state index contributed by atoms with van der Waals surface area (Å²) in [4.78, 5) is 29.2. The number of amides is 1. The molecule has 132 valence electrons. The van der Waals surface area contributed by atoms with Gasteiger partial charge in [0.25, 0.3) is 11.6 Å². The van der Waals surface area contributed by atoms with Gasteiger partial charge in [-0.3, -0.25) is 19.9 Å². The average Bonchev–Trinajstić information content (AvgIpc) is 3.15. The average molecular weight is 372 g/mol.